The number of nitriles is 3. The van der Waals surface area contributed by atoms with Crippen molar-refractivity contribution in [3.05, 3.63) is 311 Å². The van der Waals surface area contributed by atoms with E-state index in [4.69, 9.17) is 58.9 Å². The van der Waals surface area contributed by atoms with Crippen molar-refractivity contribution in [2.24, 2.45) is 0 Å². The Morgan fingerprint density at radius 2 is 0.754 bits per heavy atom. The van der Waals surface area contributed by atoms with E-state index in [0.29, 0.717) is 40.8 Å². The van der Waals surface area contributed by atoms with Crippen LogP contribution < -0.4 is 42.5 Å². The molecule has 4 aliphatic rings. The number of carbonyl (C=O) groups excluding carboxylic acids is 4. The minimum absolute atomic E-state index is 0.147. The van der Waals surface area contributed by atoms with Crippen LogP contribution in [-0.4, -0.2) is 66.1 Å². The maximum atomic E-state index is 13.2. The maximum absolute atomic E-state index is 13.2. The number of hydrogen-bond acceptors (Lipinski definition) is 17. The molecule has 6 aromatic carbocycles. The average molecular weight is 1690 g/mol. The quantitative estimate of drug-likeness (QED) is 0.0470. The summed E-state index contributed by atoms with van der Waals surface area (Å²) in [5, 5.41) is 61.9. The lowest BCUT2D eigenvalue weighted by Crippen LogP contribution is -2.48. The van der Waals surface area contributed by atoms with Crippen LogP contribution in [0.1, 0.15) is 110 Å². The van der Waals surface area contributed by atoms with Crippen molar-refractivity contribution in [3.63, 3.8) is 0 Å². The van der Waals surface area contributed by atoms with Gasteiger partial charge in [0.15, 0.2) is 0 Å². The largest absolute Gasteiger partial charge is 0.331 e. The van der Waals surface area contributed by atoms with Gasteiger partial charge in [-0.05, 0) is 160 Å². The van der Waals surface area contributed by atoms with Gasteiger partial charge >= 0.3 is 24.1 Å². The molecule has 12 aromatic rings. The maximum Gasteiger partial charge on any atom is 0.319 e. The van der Waals surface area contributed by atoms with Crippen LogP contribution in [0.25, 0.3) is 67.3 Å². The van der Waals surface area contributed by atoms with E-state index in [2.05, 4.69) is 149 Å². The molecule has 0 saturated carbocycles. The first kappa shape index (κ1) is 79.7. The molecule has 4 atom stereocenters. The summed E-state index contributed by atoms with van der Waals surface area (Å²) in [5.41, 5.74) is 21.8. The second-order valence-corrected chi connectivity index (χ2v) is 31.5. The normalized spacial score (nSPS) is 16.3. The van der Waals surface area contributed by atoms with Crippen LogP contribution in [0.5, 0.6) is 0 Å². The predicted octanol–water partition coefficient (Wildman–Crippen LogP) is 19.4. The highest BCUT2D eigenvalue weighted by Gasteiger charge is 2.35. The molecule has 8 N–H and O–H groups in total. The molecule has 0 spiro atoms. The Hall–Kier alpha value is -12.4. The molecular formula is C85H67BrCl2FN17O4S4. The number of aromatic nitrogens is 6. The number of nitrogens with one attached hydrogen (secondary N) is 8. The summed E-state index contributed by atoms with van der Waals surface area (Å²) in [6.07, 6.45) is 3.13. The van der Waals surface area contributed by atoms with E-state index in [1.807, 2.05) is 97.7 Å². The summed E-state index contributed by atoms with van der Waals surface area (Å²) < 4.78 is 13.9. The predicted molar refractivity (Wildman–Crippen MR) is 450 cm³/mol. The first-order valence-corrected chi connectivity index (χ1v) is 40.4. The number of halogens is 4. The number of nitrogens with zero attached hydrogens (tertiary/aromatic N) is 9. The number of urea groups is 4. The Morgan fingerprint density at radius 3 is 1.11 bits per heavy atom. The fraction of sp³-hybridized carbons (Fsp3) is 0.141. The minimum Gasteiger partial charge on any atom is -0.331 e. The van der Waals surface area contributed by atoms with Crippen molar-refractivity contribution < 1.29 is 23.6 Å². The van der Waals surface area contributed by atoms with E-state index in [0.717, 1.165) is 126 Å². The molecule has 0 saturated heterocycles. The zero-order valence-corrected chi connectivity index (χ0v) is 67.9. The molecule has 16 rings (SSSR count). The number of benzene rings is 6. The fourth-order valence-electron chi connectivity index (χ4n) is 12.9. The molecule has 114 heavy (non-hydrogen) atoms. The van der Waals surface area contributed by atoms with Crippen molar-refractivity contribution in [2.45, 2.75) is 78.6 Å². The number of allylic oxidation sites excluding steroid dienone is 4. The van der Waals surface area contributed by atoms with Gasteiger partial charge in [0.1, 0.15) is 40.8 Å². The Labute approximate surface area is 690 Å². The second kappa shape index (κ2) is 36.0. The molecule has 0 bridgehead atoms. The molecule has 568 valence electrons. The highest BCUT2D eigenvalue weighted by Crippen LogP contribution is 2.42. The number of amides is 8. The van der Waals surface area contributed by atoms with Gasteiger partial charge in [0.05, 0.1) is 81.8 Å². The van der Waals surface area contributed by atoms with Gasteiger partial charge in [-0.2, -0.15) is 15.8 Å². The Morgan fingerprint density at radius 1 is 0.412 bits per heavy atom. The lowest BCUT2D eigenvalue weighted by atomic mass is 9.96. The van der Waals surface area contributed by atoms with Crippen LogP contribution in [0.2, 0.25) is 10.3 Å². The topological polar surface area (TPSA) is 313 Å². The molecule has 6 aromatic heterocycles. The smallest absolute Gasteiger partial charge is 0.319 e. The standard InChI is InChI=1S/C23H20N4OS.C22H20FN3OS.C20H14BrN5OS.C20H13Cl2N5OS/c1-14-3-5-16(6-4-14)11-19-21(15(2)25-23(28)27-19)22-26-20(13-29-22)18-9-7-17(12-24)8-10-18;1-13-3-5-15(6-4-13)11-18-20(14(2)24-22(27)26-18)21-25-19(12-28-21)16-7-9-17(23)10-8-16;1-11-17(18(26-20(27)24-11)14-6-7-16(21)23-9-14)19-25-15(10-28-19)13-4-2-12(8-22)3-5-13;1-10-16(17(27-20(28)24-10)13-6-7-15(21)26-18(13)22)19-25-14(9-29-19)12-4-2-11(8-23)3-5-12/h3-10,13,19H,11H2,1-2H3,(H2,25,27,28);3-10,12,18H,11H2,1-2H3,(H2,24,26,27);2-7,9-10,18H,1H3,(H2,24,26,27);2-7,9,17H,1H3,(H2,24,27,28). The third-order valence-electron chi connectivity index (χ3n) is 18.6. The van der Waals surface area contributed by atoms with Gasteiger partial charge in [0.25, 0.3) is 0 Å². The molecule has 8 amide bonds. The molecule has 4 aliphatic heterocycles. The van der Waals surface area contributed by atoms with Gasteiger partial charge in [0, 0.05) is 101 Å². The van der Waals surface area contributed by atoms with E-state index in [1.54, 1.807) is 78.2 Å². The number of hydrogen-bond donors (Lipinski definition) is 8. The molecule has 4 unspecified atom stereocenters. The summed E-state index contributed by atoms with van der Waals surface area (Å²) in [5.74, 6) is -0.268. The lowest BCUT2D eigenvalue weighted by Gasteiger charge is -2.28. The third-order valence-corrected chi connectivity index (χ3v) is 23.1. The Balaban J connectivity index is 0.000000133. The third kappa shape index (κ3) is 19.2. The molecule has 0 radical (unpaired) electrons. The van der Waals surface area contributed by atoms with E-state index in [-0.39, 0.29) is 58.4 Å². The van der Waals surface area contributed by atoms with Crippen LogP contribution >= 0.6 is 84.5 Å². The molecule has 21 nitrogen and oxygen atoms in total. The number of thiazole rings is 4. The van der Waals surface area contributed by atoms with Crippen LogP contribution in [-0.2, 0) is 12.8 Å². The molecule has 0 aliphatic carbocycles. The first-order chi connectivity index (χ1) is 55.0. The van der Waals surface area contributed by atoms with Gasteiger partial charge in [0.2, 0.25) is 0 Å². The lowest BCUT2D eigenvalue weighted by molar-refractivity contribution is 0.239. The summed E-state index contributed by atoms with van der Waals surface area (Å²) in [6, 6.07) is 56.3. The zero-order valence-electron chi connectivity index (χ0n) is 61.6. The van der Waals surface area contributed by atoms with E-state index in [9.17, 15) is 23.6 Å². The molecular weight excluding hydrogens is 1620 g/mol. The average Bonchev–Trinajstić information content (AvgIpc) is 1.54. The molecule has 10 heterocycles. The summed E-state index contributed by atoms with van der Waals surface area (Å²) >= 11 is 21.6. The zero-order chi connectivity index (χ0) is 80.3. The van der Waals surface area contributed by atoms with Gasteiger partial charge < -0.3 is 42.5 Å². The van der Waals surface area contributed by atoms with Gasteiger partial charge in [-0.3, -0.25) is 0 Å². The van der Waals surface area contributed by atoms with Crippen molar-refractivity contribution >= 4 is 131 Å². The highest BCUT2D eigenvalue weighted by molar-refractivity contribution is 9.10. The van der Waals surface area contributed by atoms with E-state index in [1.165, 1.54) is 57.3 Å². The highest BCUT2D eigenvalue weighted by atomic mass is 79.9. The van der Waals surface area contributed by atoms with Crippen LogP contribution in [0.3, 0.4) is 0 Å². The summed E-state index contributed by atoms with van der Waals surface area (Å²) in [7, 11) is 0. The first-order valence-electron chi connectivity index (χ1n) is 35.3. The summed E-state index contributed by atoms with van der Waals surface area (Å²) in [6.45, 7) is 11.6. The van der Waals surface area contributed by atoms with Crippen LogP contribution in [0.4, 0.5) is 23.6 Å². The minimum atomic E-state index is -0.513. The van der Waals surface area contributed by atoms with E-state index < -0.39 is 6.04 Å². The summed E-state index contributed by atoms with van der Waals surface area (Å²) in [4.78, 5) is 75.8. The van der Waals surface area contributed by atoms with Gasteiger partial charge in [-0.15, -0.1) is 45.3 Å². The number of aryl methyl sites for hydroxylation is 2. The Kier molecular flexibility index (Phi) is 25.2. The number of carbonyl (C=O) groups is 4. The SMILES string of the molecule is CC1=C(c2nc(-c3ccc(C#N)cc3)cs2)C(Cc2ccc(C)cc2)NC(=O)N1.CC1=C(c2nc(-c3ccc(C#N)cc3)cs2)C(c2ccc(Br)nc2)NC(=O)N1.CC1=C(c2nc(-c3ccc(C#N)cc3)cs2)C(c2ccc(Cl)nc2Cl)NC(=O)N1.CC1=C(c2nc(-c3ccc(F)cc3)cs2)C(Cc2ccc(C)cc2)NC(=O)N1. The molecule has 29 heteroatoms. The molecule has 0 fully saturated rings. The Bertz CT molecular complexity index is 5910. The van der Waals surface area contributed by atoms with Crippen molar-refractivity contribution in [3.8, 4) is 63.2 Å². The van der Waals surface area contributed by atoms with E-state index >= 15 is 0 Å². The van der Waals surface area contributed by atoms with Crippen LogP contribution in [0.15, 0.2) is 225 Å². The van der Waals surface area contributed by atoms with Crippen molar-refractivity contribution in [1.29, 1.82) is 15.8 Å². The van der Waals surface area contributed by atoms with Gasteiger partial charge in [-0.1, -0.05) is 131 Å². The number of pyridine rings is 2. The van der Waals surface area contributed by atoms with Crippen LogP contribution in [0, 0.1) is 53.7 Å². The van der Waals surface area contributed by atoms with Crippen molar-refractivity contribution in [2.75, 3.05) is 0 Å². The fourth-order valence-corrected chi connectivity index (χ4v) is 17.5. The van der Waals surface area contributed by atoms with Crippen molar-refractivity contribution in [1.82, 2.24) is 72.4 Å². The van der Waals surface area contributed by atoms with Gasteiger partial charge in [-0.25, -0.2) is 53.5 Å². The second-order valence-electron chi connectivity index (χ2n) is 26.6. The monoisotopic (exact) mass is 1690 g/mol. The number of rotatable bonds is 14.